The SMILES string of the molecule is N#Cc1cc(Cl)c(Nc2cccc3c2CCC3)nc1Cl. The quantitative estimate of drug-likeness (QED) is 0.831. The summed E-state index contributed by atoms with van der Waals surface area (Å²) in [7, 11) is 0. The average Bonchev–Trinajstić information content (AvgIpc) is 2.92. The monoisotopic (exact) mass is 303 g/mol. The van der Waals surface area contributed by atoms with Gasteiger partial charge in [0.25, 0.3) is 0 Å². The minimum absolute atomic E-state index is 0.159. The molecule has 0 atom stereocenters. The number of pyridine rings is 1. The molecule has 1 N–H and O–H groups in total. The first-order chi connectivity index (χ1) is 9.69. The summed E-state index contributed by atoms with van der Waals surface area (Å²) < 4.78 is 0. The maximum absolute atomic E-state index is 8.90. The Morgan fingerprint density at radius 3 is 2.90 bits per heavy atom. The number of nitriles is 1. The molecule has 0 unspecified atom stereocenters. The number of fused-ring (bicyclic) bond motifs is 1. The van der Waals surface area contributed by atoms with Crippen molar-refractivity contribution < 1.29 is 0 Å². The molecule has 0 spiro atoms. The number of anilines is 2. The van der Waals surface area contributed by atoms with Gasteiger partial charge in [0.05, 0.1) is 10.6 Å². The number of aromatic nitrogens is 1. The van der Waals surface area contributed by atoms with Crippen LogP contribution in [0.3, 0.4) is 0 Å². The largest absolute Gasteiger partial charge is 0.339 e. The predicted octanol–water partition coefficient (Wildman–Crippen LogP) is 4.49. The van der Waals surface area contributed by atoms with E-state index in [0.29, 0.717) is 10.8 Å². The maximum atomic E-state index is 8.90. The molecule has 5 heteroatoms. The molecule has 1 heterocycles. The molecular weight excluding hydrogens is 293 g/mol. The second-order valence-corrected chi connectivity index (χ2v) is 5.46. The Bertz CT molecular complexity index is 720. The Balaban J connectivity index is 1.99. The highest BCUT2D eigenvalue weighted by molar-refractivity contribution is 6.35. The Labute approximate surface area is 127 Å². The van der Waals surface area contributed by atoms with Gasteiger partial charge in [0.1, 0.15) is 11.2 Å². The Hall–Kier alpha value is -1.76. The molecule has 100 valence electrons. The van der Waals surface area contributed by atoms with Crippen LogP contribution in [-0.4, -0.2) is 4.98 Å². The van der Waals surface area contributed by atoms with Crippen LogP contribution in [0.25, 0.3) is 0 Å². The van der Waals surface area contributed by atoms with Crippen molar-refractivity contribution in [2.24, 2.45) is 0 Å². The second kappa shape index (κ2) is 5.32. The number of nitrogens with zero attached hydrogens (tertiary/aromatic N) is 2. The van der Waals surface area contributed by atoms with Gasteiger partial charge in [-0.25, -0.2) is 4.98 Å². The Morgan fingerprint density at radius 1 is 1.25 bits per heavy atom. The van der Waals surface area contributed by atoms with E-state index in [9.17, 15) is 0 Å². The molecule has 0 bridgehead atoms. The lowest BCUT2D eigenvalue weighted by Crippen LogP contribution is -1.99. The van der Waals surface area contributed by atoms with Crippen molar-refractivity contribution in [1.29, 1.82) is 5.26 Å². The standard InChI is InChI=1S/C15H11Cl2N3/c16-12-7-10(8-18)14(17)20-15(12)19-13-6-2-4-9-3-1-5-11(9)13/h2,4,6-7H,1,3,5H2,(H,19,20). The molecule has 1 aromatic heterocycles. The van der Waals surface area contributed by atoms with E-state index in [0.717, 1.165) is 18.5 Å². The number of hydrogen-bond donors (Lipinski definition) is 1. The Kier molecular flexibility index (Phi) is 3.52. The van der Waals surface area contributed by atoms with Gasteiger partial charge in [-0.2, -0.15) is 5.26 Å². The van der Waals surface area contributed by atoms with Gasteiger partial charge in [-0.1, -0.05) is 35.3 Å². The molecule has 3 rings (SSSR count). The van der Waals surface area contributed by atoms with Gasteiger partial charge in [0.2, 0.25) is 0 Å². The van der Waals surface area contributed by atoms with Gasteiger partial charge >= 0.3 is 0 Å². The molecule has 0 saturated carbocycles. The van der Waals surface area contributed by atoms with Crippen molar-refractivity contribution >= 4 is 34.7 Å². The maximum Gasteiger partial charge on any atom is 0.151 e. The molecule has 1 aromatic carbocycles. The van der Waals surface area contributed by atoms with Crippen molar-refractivity contribution in [3.8, 4) is 6.07 Å². The summed E-state index contributed by atoms with van der Waals surface area (Å²) in [4.78, 5) is 4.16. The number of halogens is 2. The van der Waals surface area contributed by atoms with Gasteiger partial charge in [0, 0.05) is 5.69 Å². The van der Waals surface area contributed by atoms with Crippen LogP contribution in [0, 0.1) is 11.3 Å². The first-order valence-electron chi connectivity index (χ1n) is 6.33. The highest BCUT2D eigenvalue weighted by Crippen LogP contribution is 2.33. The molecule has 1 aliphatic rings. The fourth-order valence-corrected chi connectivity index (χ4v) is 2.88. The summed E-state index contributed by atoms with van der Waals surface area (Å²) in [5.41, 5.74) is 3.97. The van der Waals surface area contributed by atoms with Crippen LogP contribution in [-0.2, 0) is 12.8 Å². The normalized spacial score (nSPS) is 12.8. The van der Waals surface area contributed by atoms with Gasteiger partial charge in [-0.05, 0) is 42.5 Å². The fourth-order valence-electron chi connectivity index (χ4n) is 2.50. The summed E-state index contributed by atoms with van der Waals surface area (Å²) in [6.45, 7) is 0. The highest BCUT2D eigenvalue weighted by atomic mass is 35.5. The average molecular weight is 304 g/mol. The summed E-state index contributed by atoms with van der Waals surface area (Å²) in [6, 6.07) is 9.67. The number of aryl methyl sites for hydroxylation is 1. The summed E-state index contributed by atoms with van der Waals surface area (Å²) in [5.74, 6) is 0.482. The summed E-state index contributed by atoms with van der Waals surface area (Å²) in [5, 5.41) is 12.7. The van der Waals surface area contributed by atoms with E-state index < -0.39 is 0 Å². The fraction of sp³-hybridized carbons (Fsp3) is 0.200. The van der Waals surface area contributed by atoms with Crippen molar-refractivity contribution in [1.82, 2.24) is 4.98 Å². The van der Waals surface area contributed by atoms with E-state index >= 15 is 0 Å². The van der Waals surface area contributed by atoms with E-state index in [1.54, 1.807) is 0 Å². The third-order valence-electron chi connectivity index (χ3n) is 3.45. The smallest absolute Gasteiger partial charge is 0.151 e. The van der Waals surface area contributed by atoms with Crippen LogP contribution in [0.2, 0.25) is 10.2 Å². The molecule has 0 radical (unpaired) electrons. The molecular formula is C15H11Cl2N3. The minimum atomic E-state index is 0.159. The highest BCUT2D eigenvalue weighted by Gasteiger charge is 2.16. The van der Waals surface area contributed by atoms with Crippen LogP contribution >= 0.6 is 23.2 Å². The van der Waals surface area contributed by atoms with Gasteiger partial charge in [-0.3, -0.25) is 0 Å². The van der Waals surface area contributed by atoms with E-state index in [-0.39, 0.29) is 10.7 Å². The Morgan fingerprint density at radius 2 is 2.10 bits per heavy atom. The lowest BCUT2D eigenvalue weighted by molar-refractivity contribution is 0.912. The van der Waals surface area contributed by atoms with Crippen LogP contribution in [0.15, 0.2) is 24.3 Å². The predicted molar refractivity (Wildman–Crippen MR) is 80.7 cm³/mol. The van der Waals surface area contributed by atoms with E-state index in [2.05, 4.69) is 16.4 Å². The lowest BCUT2D eigenvalue weighted by Gasteiger charge is -2.12. The molecule has 3 nitrogen and oxygen atoms in total. The van der Waals surface area contributed by atoms with Crippen LogP contribution < -0.4 is 5.32 Å². The van der Waals surface area contributed by atoms with Crippen molar-refractivity contribution in [2.75, 3.05) is 5.32 Å². The van der Waals surface area contributed by atoms with E-state index in [4.69, 9.17) is 28.5 Å². The molecule has 2 aromatic rings. The second-order valence-electron chi connectivity index (χ2n) is 4.69. The molecule has 20 heavy (non-hydrogen) atoms. The number of benzene rings is 1. The van der Waals surface area contributed by atoms with Gasteiger partial charge in [0.15, 0.2) is 5.82 Å². The van der Waals surface area contributed by atoms with Crippen LogP contribution in [0.1, 0.15) is 23.1 Å². The van der Waals surface area contributed by atoms with Gasteiger partial charge < -0.3 is 5.32 Å². The number of hydrogen-bond acceptors (Lipinski definition) is 3. The third-order valence-corrected chi connectivity index (χ3v) is 4.03. The van der Waals surface area contributed by atoms with E-state index in [1.165, 1.54) is 23.6 Å². The molecule has 0 amide bonds. The number of rotatable bonds is 2. The summed E-state index contributed by atoms with van der Waals surface area (Å²) >= 11 is 12.1. The molecule has 0 fully saturated rings. The minimum Gasteiger partial charge on any atom is -0.339 e. The zero-order chi connectivity index (χ0) is 14.1. The molecule has 0 saturated heterocycles. The lowest BCUT2D eigenvalue weighted by atomic mass is 10.1. The zero-order valence-electron chi connectivity index (χ0n) is 10.6. The zero-order valence-corrected chi connectivity index (χ0v) is 12.1. The van der Waals surface area contributed by atoms with Crippen molar-refractivity contribution in [2.45, 2.75) is 19.3 Å². The first-order valence-corrected chi connectivity index (χ1v) is 7.08. The van der Waals surface area contributed by atoms with Crippen molar-refractivity contribution in [3.63, 3.8) is 0 Å². The third kappa shape index (κ3) is 2.33. The van der Waals surface area contributed by atoms with Gasteiger partial charge in [-0.15, -0.1) is 0 Å². The molecule has 1 aliphatic carbocycles. The topological polar surface area (TPSA) is 48.7 Å². The first kappa shape index (κ1) is 13.2. The van der Waals surface area contributed by atoms with Crippen molar-refractivity contribution in [3.05, 3.63) is 51.1 Å². The van der Waals surface area contributed by atoms with Crippen LogP contribution in [0.4, 0.5) is 11.5 Å². The number of nitrogens with one attached hydrogen (secondary N) is 1. The van der Waals surface area contributed by atoms with Crippen LogP contribution in [0.5, 0.6) is 0 Å². The summed E-state index contributed by atoms with van der Waals surface area (Å²) in [6.07, 6.45) is 3.34. The molecule has 0 aliphatic heterocycles. The van der Waals surface area contributed by atoms with E-state index in [1.807, 2.05) is 18.2 Å².